The van der Waals surface area contributed by atoms with Crippen molar-refractivity contribution in [3.8, 4) is 0 Å². The van der Waals surface area contributed by atoms with E-state index < -0.39 is 0 Å². The molecule has 4 saturated carbocycles. The van der Waals surface area contributed by atoms with Crippen LogP contribution < -0.4 is 0 Å². The summed E-state index contributed by atoms with van der Waals surface area (Å²) in [6.07, 6.45) is 6.31. The molecule has 0 bridgehead atoms. The topological polar surface area (TPSA) is 0 Å². The molecule has 0 aromatic rings. The molecular weight excluding hydrogens is 204 g/mol. The lowest BCUT2D eigenvalue weighted by Gasteiger charge is -2.42. The Hall–Kier alpha value is 0. The van der Waals surface area contributed by atoms with E-state index in [-0.39, 0.29) is 0 Å². The van der Waals surface area contributed by atoms with Crippen LogP contribution in [0.1, 0.15) is 53.4 Å². The predicted molar refractivity (Wildman–Crippen MR) is 71.5 cm³/mol. The van der Waals surface area contributed by atoms with Crippen LogP contribution in [0.2, 0.25) is 0 Å². The van der Waals surface area contributed by atoms with Crippen LogP contribution in [0.4, 0.5) is 0 Å². The van der Waals surface area contributed by atoms with Gasteiger partial charge in [0, 0.05) is 0 Å². The fraction of sp³-hybridized carbons (Fsp3) is 1.00. The predicted octanol–water partition coefficient (Wildman–Crippen LogP) is 4.60. The van der Waals surface area contributed by atoms with Crippen LogP contribution in [-0.2, 0) is 0 Å². The Morgan fingerprint density at radius 1 is 0.882 bits per heavy atom. The van der Waals surface area contributed by atoms with Gasteiger partial charge in [0.2, 0.25) is 0 Å². The van der Waals surface area contributed by atoms with Crippen molar-refractivity contribution in [1.29, 1.82) is 0 Å². The Labute approximate surface area is 107 Å². The van der Waals surface area contributed by atoms with E-state index in [4.69, 9.17) is 0 Å². The van der Waals surface area contributed by atoms with Gasteiger partial charge in [0.05, 0.1) is 0 Å². The molecule has 4 aliphatic rings. The van der Waals surface area contributed by atoms with Gasteiger partial charge in [-0.25, -0.2) is 0 Å². The first-order valence-corrected chi connectivity index (χ1v) is 8.07. The Morgan fingerprint density at radius 3 is 2.12 bits per heavy atom. The highest BCUT2D eigenvalue weighted by Gasteiger charge is 2.71. The molecule has 0 nitrogen and oxygen atoms in total. The molecule has 8 unspecified atom stereocenters. The summed E-state index contributed by atoms with van der Waals surface area (Å²) in [6.45, 7) is 10.2. The van der Waals surface area contributed by atoms with E-state index in [2.05, 4.69) is 27.7 Å². The number of fused-ring (bicyclic) bond motifs is 2. The summed E-state index contributed by atoms with van der Waals surface area (Å²) in [5.74, 6) is 8.57. The summed E-state index contributed by atoms with van der Waals surface area (Å²) in [5.41, 5.74) is 0.815. The van der Waals surface area contributed by atoms with Crippen molar-refractivity contribution in [3.05, 3.63) is 0 Å². The second-order valence-corrected chi connectivity index (χ2v) is 8.14. The third-order valence-corrected chi connectivity index (χ3v) is 8.02. The molecule has 8 atom stereocenters. The molecule has 0 heteroatoms. The third-order valence-electron chi connectivity index (χ3n) is 8.02. The molecule has 4 aliphatic carbocycles. The average molecular weight is 232 g/mol. The summed E-state index contributed by atoms with van der Waals surface area (Å²) in [5, 5.41) is 0. The smallest absolute Gasteiger partial charge is 0.0204 e. The Bertz CT molecular complexity index is 338. The highest BCUT2D eigenvalue weighted by Crippen LogP contribution is 2.78. The molecule has 0 heterocycles. The molecule has 0 saturated heterocycles. The number of hydrogen-bond donors (Lipinski definition) is 0. The number of rotatable bonds is 1. The maximum Gasteiger partial charge on any atom is -0.0204 e. The maximum atomic E-state index is 2.61. The molecule has 0 aromatic heterocycles. The summed E-state index contributed by atoms with van der Waals surface area (Å²) >= 11 is 0. The maximum absolute atomic E-state index is 2.61. The first-order valence-electron chi connectivity index (χ1n) is 8.07. The van der Waals surface area contributed by atoms with Crippen LogP contribution in [0.25, 0.3) is 0 Å². The lowest BCUT2D eigenvalue weighted by molar-refractivity contribution is 0.0690. The van der Waals surface area contributed by atoms with E-state index in [1.807, 2.05) is 0 Å². The minimum absolute atomic E-state index is 0.815. The normalized spacial score (nSPS) is 68.5. The van der Waals surface area contributed by atoms with Crippen LogP contribution in [0.15, 0.2) is 0 Å². The third kappa shape index (κ3) is 1.16. The average Bonchev–Trinajstić information content (AvgIpc) is 3.11. The van der Waals surface area contributed by atoms with Crippen LogP contribution in [0.5, 0.6) is 0 Å². The first-order chi connectivity index (χ1) is 8.07. The Morgan fingerprint density at radius 2 is 1.59 bits per heavy atom. The van der Waals surface area contributed by atoms with E-state index in [1.165, 1.54) is 0 Å². The lowest BCUT2D eigenvalue weighted by atomic mass is 9.63. The van der Waals surface area contributed by atoms with E-state index >= 15 is 0 Å². The second kappa shape index (κ2) is 3.11. The van der Waals surface area contributed by atoms with Crippen molar-refractivity contribution in [3.63, 3.8) is 0 Å². The summed E-state index contributed by atoms with van der Waals surface area (Å²) in [4.78, 5) is 0. The molecule has 4 rings (SSSR count). The summed E-state index contributed by atoms with van der Waals surface area (Å²) in [7, 11) is 0. The van der Waals surface area contributed by atoms with E-state index in [0.717, 1.165) is 52.8 Å². The molecule has 0 radical (unpaired) electrons. The van der Waals surface area contributed by atoms with Crippen molar-refractivity contribution >= 4 is 0 Å². The van der Waals surface area contributed by atoms with Gasteiger partial charge >= 0.3 is 0 Å². The van der Waals surface area contributed by atoms with Crippen LogP contribution in [-0.4, -0.2) is 0 Å². The first kappa shape index (κ1) is 10.9. The van der Waals surface area contributed by atoms with E-state index in [1.54, 1.807) is 25.7 Å². The fourth-order valence-electron chi connectivity index (χ4n) is 6.39. The van der Waals surface area contributed by atoms with Crippen molar-refractivity contribution < 1.29 is 0 Å². The number of hydrogen-bond acceptors (Lipinski definition) is 0. The Kier molecular flexibility index (Phi) is 1.99. The van der Waals surface area contributed by atoms with Gasteiger partial charge in [-0.1, -0.05) is 27.7 Å². The van der Waals surface area contributed by atoms with Gasteiger partial charge in [-0.05, 0) is 78.4 Å². The quantitative estimate of drug-likeness (QED) is 0.620. The monoisotopic (exact) mass is 232 g/mol. The Balaban J connectivity index is 1.65. The molecule has 96 valence electrons. The molecule has 4 fully saturated rings. The molecular formula is C17H28. The van der Waals surface area contributed by atoms with E-state index in [9.17, 15) is 0 Å². The van der Waals surface area contributed by atoms with Crippen molar-refractivity contribution in [2.24, 2.45) is 52.8 Å². The minimum Gasteiger partial charge on any atom is -0.0620 e. The van der Waals surface area contributed by atoms with Crippen LogP contribution >= 0.6 is 0 Å². The van der Waals surface area contributed by atoms with Crippen molar-refractivity contribution in [2.45, 2.75) is 53.4 Å². The molecule has 0 aliphatic heterocycles. The standard InChI is InChI=1S/C17H28/c1-9-10(2)16(9)17-8-14(17)7-13-5-6-15(13)11(3)12(17)4/h9-16H,5-8H2,1-4H3. The van der Waals surface area contributed by atoms with Gasteiger partial charge in [-0.3, -0.25) is 0 Å². The highest BCUT2D eigenvalue weighted by molar-refractivity contribution is 5.19. The van der Waals surface area contributed by atoms with Gasteiger partial charge in [0.25, 0.3) is 0 Å². The van der Waals surface area contributed by atoms with Gasteiger partial charge < -0.3 is 0 Å². The minimum atomic E-state index is 0.815. The zero-order chi connectivity index (χ0) is 11.9. The fourth-order valence-corrected chi connectivity index (χ4v) is 6.39. The molecule has 0 aromatic carbocycles. The van der Waals surface area contributed by atoms with Gasteiger partial charge in [-0.2, -0.15) is 0 Å². The second-order valence-electron chi connectivity index (χ2n) is 8.14. The zero-order valence-corrected chi connectivity index (χ0v) is 11.9. The molecule has 0 amide bonds. The molecule has 0 N–H and O–H groups in total. The summed E-state index contributed by atoms with van der Waals surface area (Å²) in [6, 6.07) is 0. The van der Waals surface area contributed by atoms with E-state index in [0.29, 0.717) is 0 Å². The zero-order valence-electron chi connectivity index (χ0n) is 11.9. The van der Waals surface area contributed by atoms with Crippen molar-refractivity contribution in [1.82, 2.24) is 0 Å². The lowest BCUT2D eigenvalue weighted by Crippen LogP contribution is -2.35. The van der Waals surface area contributed by atoms with Gasteiger partial charge in [0.1, 0.15) is 0 Å². The van der Waals surface area contributed by atoms with Gasteiger partial charge in [0.15, 0.2) is 0 Å². The van der Waals surface area contributed by atoms with Crippen molar-refractivity contribution in [2.75, 3.05) is 0 Å². The molecule has 0 spiro atoms. The van der Waals surface area contributed by atoms with Crippen LogP contribution in [0, 0.1) is 52.8 Å². The largest absolute Gasteiger partial charge is 0.0620 e. The van der Waals surface area contributed by atoms with Crippen LogP contribution in [0.3, 0.4) is 0 Å². The van der Waals surface area contributed by atoms with Gasteiger partial charge in [-0.15, -0.1) is 0 Å². The highest BCUT2D eigenvalue weighted by atomic mass is 14.8. The SMILES string of the molecule is CC1C2CCC2CC2CC2(C2C(C)C2C)C1C. The molecule has 17 heavy (non-hydrogen) atoms. The summed E-state index contributed by atoms with van der Waals surface area (Å²) < 4.78 is 0.